The van der Waals surface area contributed by atoms with Crippen molar-refractivity contribution in [3.63, 3.8) is 0 Å². The van der Waals surface area contributed by atoms with E-state index in [2.05, 4.69) is 24.3 Å². The van der Waals surface area contributed by atoms with Gasteiger partial charge in [0.25, 0.3) is 0 Å². The largest absolute Gasteiger partial charge is 0.389 e. The summed E-state index contributed by atoms with van der Waals surface area (Å²) in [5.41, 5.74) is 8.08. The summed E-state index contributed by atoms with van der Waals surface area (Å²) in [6, 6.07) is 8.55. The maximum Gasteiger partial charge on any atom is 0.0756 e. The molecule has 0 amide bonds. The molecule has 0 radical (unpaired) electrons. The van der Waals surface area contributed by atoms with Gasteiger partial charge >= 0.3 is 0 Å². The van der Waals surface area contributed by atoms with Crippen LogP contribution >= 0.6 is 0 Å². The van der Waals surface area contributed by atoms with Gasteiger partial charge in [-0.1, -0.05) is 43.5 Å². The SMILES string of the molecule is NCC1(C2(O)CCCCC2)CCc2ccccc21. The van der Waals surface area contributed by atoms with Crippen LogP contribution in [0.15, 0.2) is 24.3 Å². The summed E-state index contributed by atoms with van der Waals surface area (Å²) < 4.78 is 0. The molecule has 0 spiro atoms. The molecule has 0 heterocycles. The zero-order valence-electron chi connectivity index (χ0n) is 11.0. The summed E-state index contributed by atoms with van der Waals surface area (Å²) in [6.45, 7) is 0.570. The van der Waals surface area contributed by atoms with Gasteiger partial charge in [-0.3, -0.25) is 0 Å². The lowest BCUT2D eigenvalue weighted by atomic mass is 9.62. The topological polar surface area (TPSA) is 46.2 Å². The molecule has 3 rings (SSSR count). The van der Waals surface area contributed by atoms with Crippen LogP contribution < -0.4 is 5.73 Å². The first-order valence-electron chi connectivity index (χ1n) is 7.23. The highest BCUT2D eigenvalue weighted by Crippen LogP contribution is 2.51. The first kappa shape index (κ1) is 12.2. The average molecular weight is 245 g/mol. The van der Waals surface area contributed by atoms with Crippen LogP contribution in [0.2, 0.25) is 0 Å². The van der Waals surface area contributed by atoms with E-state index in [1.165, 1.54) is 17.5 Å². The van der Waals surface area contributed by atoms with Crippen molar-refractivity contribution in [2.75, 3.05) is 6.54 Å². The number of aliphatic hydroxyl groups is 1. The fourth-order valence-electron chi connectivity index (χ4n) is 4.19. The minimum Gasteiger partial charge on any atom is -0.389 e. The van der Waals surface area contributed by atoms with Crippen LogP contribution in [0.3, 0.4) is 0 Å². The maximum absolute atomic E-state index is 11.2. The fraction of sp³-hybridized carbons (Fsp3) is 0.625. The molecule has 2 heteroatoms. The lowest BCUT2D eigenvalue weighted by Crippen LogP contribution is -2.55. The minimum absolute atomic E-state index is 0.190. The molecule has 0 aromatic heterocycles. The number of aryl methyl sites for hydroxylation is 1. The first-order valence-corrected chi connectivity index (χ1v) is 7.23. The molecular formula is C16H23NO. The van der Waals surface area contributed by atoms with Crippen molar-refractivity contribution in [3.05, 3.63) is 35.4 Å². The molecular weight excluding hydrogens is 222 g/mol. The van der Waals surface area contributed by atoms with E-state index < -0.39 is 5.60 Å². The molecule has 0 bridgehead atoms. The van der Waals surface area contributed by atoms with Gasteiger partial charge in [-0.15, -0.1) is 0 Å². The van der Waals surface area contributed by atoms with Crippen molar-refractivity contribution in [3.8, 4) is 0 Å². The Morgan fingerprint density at radius 2 is 1.78 bits per heavy atom. The van der Waals surface area contributed by atoms with Crippen molar-refractivity contribution >= 4 is 0 Å². The third-order valence-electron chi connectivity index (χ3n) is 5.27. The smallest absolute Gasteiger partial charge is 0.0756 e. The van der Waals surface area contributed by atoms with E-state index in [4.69, 9.17) is 5.73 Å². The fourth-order valence-corrected chi connectivity index (χ4v) is 4.19. The zero-order valence-corrected chi connectivity index (χ0v) is 11.0. The third-order valence-corrected chi connectivity index (χ3v) is 5.27. The van der Waals surface area contributed by atoms with E-state index in [0.717, 1.165) is 38.5 Å². The van der Waals surface area contributed by atoms with E-state index in [-0.39, 0.29) is 5.41 Å². The van der Waals surface area contributed by atoms with E-state index in [9.17, 15) is 5.11 Å². The normalized spacial score (nSPS) is 30.1. The average Bonchev–Trinajstić information content (AvgIpc) is 2.80. The highest BCUT2D eigenvalue weighted by atomic mass is 16.3. The number of fused-ring (bicyclic) bond motifs is 1. The Kier molecular flexibility index (Phi) is 2.95. The van der Waals surface area contributed by atoms with Crippen LogP contribution in [0.25, 0.3) is 0 Å². The van der Waals surface area contributed by atoms with Gasteiger partial charge in [0.2, 0.25) is 0 Å². The minimum atomic E-state index is -0.577. The maximum atomic E-state index is 11.2. The molecule has 1 unspecified atom stereocenters. The molecule has 1 fully saturated rings. The molecule has 1 atom stereocenters. The lowest BCUT2D eigenvalue weighted by molar-refractivity contribution is -0.0657. The molecule has 2 aliphatic carbocycles. The molecule has 1 saturated carbocycles. The van der Waals surface area contributed by atoms with Crippen LogP contribution in [0.1, 0.15) is 49.7 Å². The molecule has 98 valence electrons. The van der Waals surface area contributed by atoms with Crippen LogP contribution in [0.5, 0.6) is 0 Å². The van der Waals surface area contributed by atoms with Crippen LogP contribution in [0.4, 0.5) is 0 Å². The molecule has 3 N–H and O–H groups in total. The van der Waals surface area contributed by atoms with Crippen LogP contribution in [0, 0.1) is 0 Å². The van der Waals surface area contributed by atoms with Crippen molar-refractivity contribution in [1.82, 2.24) is 0 Å². The van der Waals surface area contributed by atoms with Gasteiger partial charge in [-0.2, -0.15) is 0 Å². The predicted octanol–water partition coefficient (Wildman–Crippen LogP) is 2.52. The second kappa shape index (κ2) is 4.36. The molecule has 0 saturated heterocycles. The van der Waals surface area contributed by atoms with Gasteiger partial charge in [0, 0.05) is 12.0 Å². The molecule has 0 aliphatic heterocycles. The summed E-state index contributed by atoms with van der Waals surface area (Å²) in [6.07, 6.45) is 7.44. The molecule has 1 aromatic carbocycles. The quantitative estimate of drug-likeness (QED) is 0.841. The summed E-state index contributed by atoms with van der Waals surface area (Å²) >= 11 is 0. The molecule has 1 aromatic rings. The number of nitrogens with two attached hydrogens (primary N) is 1. The molecule has 18 heavy (non-hydrogen) atoms. The number of benzene rings is 1. The first-order chi connectivity index (χ1) is 8.72. The lowest BCUT2D eigenvalue weighted by Gasteiger charge is -2.47. The second-order valence-corrected chi connectivity index (χ2v) is 6.04. The Hall–Kier alpha value is -0.860. The van der Waals surface area contributed by atoms with Crippen molar-refractivity contribution in [1.29, 1.82) is 0 Å². The van der Waals surface area contributed by atoms with E-state index in [0.29, 0.717) is 6.54 Å². The highest BCUT2D eigenvalue weighted by Gasteiger charge is 2.53. The summed E-state index contributed by atoms with van der Waals surface area (Å²) in [4.78, 5) is 0. The van der Waals surface area contributed by atoms with Gasteiger partial charge in [0.05, 0.1) is 5.60 Å². The monoisotopic (exact) mass is 245 g/mol. The van der Waals surface area contributed by atoms with Crippen molar-refractivity contribution in [2.45, 2.75) is 56.0 Å². The van der Waals surface area contributed by atoms with E-state index in [1.54, 1.807) is 0 Å². The van der Waals surface area contributed by atoms with Gasteiger partial charge in [0.1, 0.15) is 0 Å². The predicted molar refractivity (Wildman–Crippen MR) is 73.5 cm³/mol. The van der Waals surface area contributed by atoms with Gasteiger partial charge in [0.15, 0.2) is 0 Å². The van der Waals surface area contributed by atoms with E-state index >= 15 is 0 Å². The Bertz CT molecular complexity index is 436. The third kappa shape index (κ3) is 1.55. The summed E-state index contributed by atoms with van der Waals surface area (Å²) in [5, 5.41) is 11.2. The number of hydrogen-bond donors (Lipinski definition) is 2. The van der Waals surface area contributed by atoms with E-state index in [1.807, 2.05) is 0 Å². The van der Waals surface area contributed by atoms with Crippen LogP contribution in [-0.2, 0) is 11.8 Å². The Balaban J connectivity index is 2.06. The summed E-state index contributed by atoms with van der Waals surface area (Å²) in [5.74, 6) is 0. The standard InChI is InChI=1S/C16H23NO/c17-12-15(16(18)9-4-1-5-10-16)11-8-13-6-2-3-7-14(13)15/h2-3,6-7,18H,1,4-5,8-12,17H2. The Morgan fingerprint density at radius 1 is 1.06 bits per heavy atom. The Labute approximate surface area is 109 Å². The Morgan fingerprint density at radius 3 is 2.50 bits per heavy atom. The number of hydrogen-bond acceptors (Lipinski definition) is 2. The second-order valence-electron chi connectivity index (χ2n) is 6.04. The highest BCUT2D eigenvalue weighted by molar-refractivity contribution is 5.43. The van der Waals surface area contributed by atoms with Gasteiger partial charge in [-0.05, 0) is 36.8 Å². The molecule has 2 nitrogen and oxygen atoms in total. The number of rotatable bonds is 2. The van der Waals surface area contributed by atoms with Crippen molar-refractivity contribution < 1.29 is 5.11 Å². The van der Waals surface area contributed by atoms with Crippen LogP contribution in [-0.4, -0.2) is 17.3 Å². The van der Waals surface area contributed by atoms with Gasteiger partial charge < -0.3 is 10.8 Å². The summed E-state index contributed by atoms with van der Waals surface area (Å²) in [7, 11) is 0. The van der Waals surface area contributed by atoms with Gasteiger partial charge in [-0.25, -0.2) is 0 Å². The zero-order chi connectivity index (χ0) is 12.6. The van der Waals surface area contributed by atoms with Crippen molar-refractivity contribution in [2.24, 2.45) is 5.73 Å². The molecule has 2 aliphatic rings.